The summed E-state index contributed by atoms with van der Waals surface area (Å²) in [7, 11) is -1.97. The van der Waals surface area contributed by atoms with E-state index in [2.05, 4.69) is 5.32 Å². The zero-order valence-electron chi connectivity index (χ0n) is 12.9. The van der Waals surface area contributed by atoms with Crippen LogP contribution in [0.5, 0.6) is 0 Å². The van der Waals surface area contributed by atoms with E-state index in [1.807, 2.05) is 30.3 Å². The molecule has 0 bridgehead atoms. The Labute approximate surface area is 135 Å². The van der Waals surface area contributed by atoms with Crippen molar-refractivity contribution in [2.24, 2.45) is 0 Å². The second kappa shape index (κ2) is 8.66. The number of benzene rings is 1. The van der Waals surface area contributed by atoms with Gasteiger partial charge in [0.1, 0.15) is 6.23 Å². The van der Waals surface area contributed by atoms with E-state index >= 15 is 0 Å². The minimum absolute atomic E-state index is 0.0701. The molecule has 1 atom stereocenters. The van der Waals surface area contributed by atoms with Crippen LogP contribution in [0.2, 0.25) is 0 Å². The molecular formula is C15H21BN2O5. The molecule has 1 aliphatic rings. The van der Waals surface area contributed by atoms with E-state index < -0.39 is 13.5 Å². The Bertz CT molecular complexity index is 526. The van der Waals surface area contributed by atoms with E-state index in [1.165, 1.54) is 0 Å². The van der Waals surface area contributed by atoms with Gasteiger partial charge in [-0.1, -0.05) is 30.3 Å². The minimum Gasteiger partial charge on any atom is -0.402 e. The summed E-state index contributed by atoms with van der Waals surface area (Å²) >= 11 is 0. The van der Waals surface area contributed by atoms with Crippen molar-refractivity contribution in [1.29, 1.82) is 0 Å². The highest BCUT2D eigenvalue weighted by Crippen LogP contribution is 2.10. The van der Waals surface area contributed by atoms with Gasteiger partial charge in [-0.3, -0.25) is 9.59 Å². The van der Waals surface area contributed by atoms with Gasteiger partial charge in [0.25, 0.3) is 0 Å². The van der Waals surface area contributed by atoms with Crippen LogP contribution in [-0.2, 0) is 20.7 Å². The van der Waals surface area contributed by atoms with E-state index in [4.69, 9.17) is 14.7 Å². The van der Waals surface area contributed by atoms with Crippen molar-refractivity contribution in [2.45, 2.75) is 31.9 Å². The fourth-order valence-electron chi connectivity index (χ4n) is 2.54. The third-order valence-corrected chi connectivity index (χ3v) is 3.65. The van der Waals surface area contributed by atoms with E-state index in [1.54, 1.807) is 4.90 Å². The van der Waals surface area contributed by atoms with Gasteiger partial charge in [0.05, 0.1) is 0 Å². The Morgan fingerprint density at radius 3 is 2.70 bits per heavy atom. The standard InChI is InChI=1S/C15H21BN2O5/c19-13(8-10-18-9-4-7-15(18)20)17-14(23-16(21)22)11-12-5-2-1-3-6-12/h1-3,5-6,14,21-22H,4,7-11H2,(H,17,19)/t14-/m0/s1. The molecule has 23 heavy (non-hydrogen) atoms. The summed E-state index contributed by atoms with van der Waals surface area (Å²) in [4.78, 5) is 25.2. The third-order valence-electron chi connectivity index (χ3n) is 3.65. The molecule has 1 saturated heterocycles. The quantitative estimate of drug-likeness (QED) is 0.450. The van der Waals surface area contributed by atoms with Gasteiger partial charge in [0.15, 0.2) is 0 Å². The van der Waals surface area contributed by atoms with E-state index in [0.717, 1.165) is 12.0 Å². The molecule has 0 aromatic heterocycles. The second-order valence-electron chi connectivity index (χ2n) is 5.44. The van der Waals surface area contributed by atoms with Gasteiger partial charge in [-0.15, -0.1) is 0 Å². The molecule has 0 spiro atoms. The summed E-state index contributed by atoms with van der Waals surface area (Å²) in [5, 5.41) is 20.6. The second-order valence-corrected chi connectivity index (χ2v) is 5.44. The lowest BCUT2D eigenvalue weighted by molar-refractivity contribution is -0.129. The Balaban J connectivity index is 1.83. The molecule has 1 aromatic rings. The summed E-state index contributed by atoms with van der Waals surface area (Å²) in [6.45, 7) is 1.05. The van der Waals surface area contributed by atoms with Crippen molar-refractivity contribution >= 4 is 19.1 Å². The summed E-state index contributed by atoms with van der Waals surface area (Å²) in [5.74, 6) is -0.230. The number of carbonyl (C=O) groups is 2. The number of likely N-dealkylation sites (tertiary alicyclic amines) is 1. The SMILES string of the molecule is O=C(CCN1CCCC1=O)N[C@H](Cc1ccccc1)OB(O)O. The molecule has 0 unspecified atom stereocenters. The maximum absolute atomic E-state index is 12.0. The molecule has 8 heteroatoms. The van der Waals surface area contributed by atoms with Crippen LogP contribution in [0.1, 0.15) is 24.8 Å². The van der Waals surface area contributed by atoms with Gasteiger partial charge in [-0.05, 0) is 12.0 Å². The third kappa shape index (κ3) is 6.01. The maximum atomic E-state index is 12.0. The number of hydrogen-bond donors (Lipinski definition) is 3. The lowest BCUT2D eigenvalue weighted by Crippen LogP contribution is -2.43. The first-order valence-electron chi connectivity index (χ1n) is 7.67. The number of hydrogen-bond acceptors (Lipinski definition) is 5. The Morgan fingerprint density at radius 1 is 1.35 bits per heavy atom. The summed E-state index contributed by atoms with van der Waals surface area (Å²) < 4.78 is 4.92. The molecule has 1 aromatic carbocycles. The largest absolute Gasteiger partial charge is 0.635 e. The topological polar surface area (TPSA) is 99.1 Å². The van der Waals surface area contributed by atoms with Crippen molar-refractivity contribution < 1.29 is 24.3 Å². The molecule has 1 heterocycles. The summed E-state index contributed by atoms with van der Waals surface area (Å²) in [5.41, 5.74) is 0.896. The molecular weight excluding hydrogens is 299 g/mol. The zero-order chi connectivity index (χ0) is 16.7. The zero-order valence-corrected chi connectivity index (χ0v) is 12.9. The van der Waals surface area contributed by atoms with Crippen LogP contribution in [0.4, 0.5) is 0 Å². The van der Waals surface area contributed by atoms with Crippen molar-refractivity contribution in [2.75, 3.05) is 13.1 Å². The molecule has 124 valence electrons. The minimum atomic E-state index is -1.97. The fraction of sp³-hybridized carbons (Fsp3) is 0.467. The number of carbonyl (C=O) groups excluding carboxylic acids is 2. The first-order chi connectivity index (χ1) is 11.0. The number of amides is 2. The maximum Gasteiger partial charge on any atom is 0.635 e. The lowest BCUT2D eigenvalue weighted by Gasteiger charge is -2.21. The van der Waals surface area contributed by atoms with Crippen molar-refractivity contribution in [3.05, 3.63) is 35.9 Å². The van der Waals surface area contributed by atoms with Crippen LogP contribution in [0.3, 0.4) is 0 Å². The van der Waals surface area contributed by atoms with Crippen LogP contribution in [0, 0.1) is 0 Å². The molecule has 7 nitrogen and oxygen atoms in total. The first-order valence-corrected chi connectivity index (χ1v) is 7.67. The Kier molecular flexibility index (Phi) is 6.58. The molecule has 0 radical (unpaired) electrons. The van der Waals surface area contributed by atoms with Crippen LogP contribution in [0.25, 0.3) is 0 Å². The highest BCUT2D eigenvalue weighted by Gasteiger charge is 2.23. The van der Waals surface area contributed by atoms with E-state index in [0.29, 0.717) is 25.9 Å². The van der Waals surface area contributed by atoms with E-state index in [-0.39, 0.29) is 18.2 Å². The van der Waals surface area contributed by atoms with Crippen LogP contribution >= 0.6 is 0 Å². The predicted molar refractivity (Wildman–Crippen MR) is 83.8 cm³/mol. The summed E-state index contributed by atoms with van der Waals surface area (Å²) in [6.07, 6.45) is 0.989. The van der Waals surface area contributed by atoms with Crippen molar-refractivity contribution in [3.63, 3.8) is 0 Å². The van der Waals surface area contributed by atoms with Crippen LogP contribution < -0.4 is 5.32 Å². The summed E-state index contributed by atoms with van der Waals surface area (Å²) in [6, 6.07) is 9.28. The average Bonchev–Trinajstić information content (AvgIpc) is 2.91. The normalized spacial score (nSPS) is 15.6. The monoisotopic (exact) mass is 320 g/mol. The first kappa shape index (κ1) is 17.5. The van der Waals surface area contributed by atoms with Crippen LogP contribution in [0.15, 0.2) is 30.3 Å². The molecule has 3 N–H and O–H groups in total. The number of nitrogens with one attached hydrogen (secondary N) is 1. The Hall–Kier alpha value is -1.90. The van der Waals surface area contributed by atoms with Gasteiger partial charge in [0, 0.05) is 32.4 Å². The van der Waals surface area contributed by atoms with Crippen molar-refractivity contribution in [3.8, 4) is 0 Å². The number of nitrogens with zero attached hydrogens (tertiary/aromatic N) is 1. The highest BCUT2D eigenvalue weighted by atomic mass is 16.6. The molecule has 2 rings (SSSR count). The average molecular weight is 320 g/mol. The van der Waals surface area contributed by atoms with Gasteiger partial charge in [0.2, 0.25) is 11.8 Å². The molecule has 1 aliphatic heterocycles. The Morgan fingerprint density at radius 2 is 2.09 bits per heavy atom. The molecule has 0 aliphatic carbocycles. The smallest absolute Gasteiger partial charge is 0.402 e. The number of rotatable bonds is 8. The molecule has 1 fully saturated rings. The molecule has 2 amide bonds. The highest BCUT2D eigenvalue weighted by molar-refractivity contribution is 6.32. The van der Waals surface area contributed by atoms with Gasteiger partial charge in [-0.25, -0.2) is 0 Å². The molecule has 0 saturated carbocycles. The van der Waals surface area contributed by atoms with E-state index in [9.17, 15) is 9.59 Å². The predicted octanol–water partition coefficient (Wildman–Crippen LogP) is -0.330. The van der Waals surface area contributed by atoms with Gasteiger partial charge in [-0.2, -0.15) is 0 Å². The van der Waals surface area contributed by atoms with Gasteiger partial charge < -0.3 is 24.9 Å². The van der Waals surface area contributed by atoms with Gasteiger partial charge >= 0.3 is 7.32 Å². The lowest BCUT2D eigenvalue weighted by atomic mass is 10.1. The van der Waals surface area contributed by atoms with Crippen LogP contribution in [-0.4, -0.2) is 53.4 Å². The fourth-order valence-corrected chi connectivity index (χ4v) is 2.54. The van der Waals surface area contributed by atoms with Crippen molar-refractivity contribution in [1.82, 2.24) is 10.2 Å².